The lowest BCUT2D eigenvalue weighted by atomic mass is 9.63. The van der Waals surface area contributed by atoms with Crippen LogP contribution >= 0.6 is 0 Å². The lowest BCUT2D eigenvalue weighted by Crippen LogP contribution is -2.49. The topological polar surface area (TPSA) is 56.1 Å². The van der Waals surface area contributed by atoms with E-state index in [4.69, 9.17) is 0 Å². The molecule has 0 aromatic carbocycles. The molecule has 1 amide bonds. The Balaban J connectivity index is 1.77. The van der Waals surface area contributed by atoms with Crippen molar-refractivity contribution in [3.8, 4) is 6.07 Å². The molecule has 0 bridgehead atoms. The van der Waals surface area contributed by atoms with Gasteiger partial charge in [0.2, 0.25) is 5.91 Å². The predicted octanol–water partition coefficient (Wildman–Crippen LogP) is 1.77. The van der Waals surface area contributed by atoms with Crippen molar-refractivity contribution in [2.24, 2.45) is 17.3 Å². The normalized spacial score (nSPS) is 34.9. The summed E-state index contributed by atoms with van der Waals surface area (Å²) in [5.74, 6) is 1.00. The third kappa shape index (κ3) is 2.92. The number of carbonyl (C=O) groups excluding carboxylic acids is 1. The van der Waals surface area contributed by atoms with Gasteiger partial charge < -0.3 is 10.2 Å². The summed E-state index contributed by atoms with van der Waals surface area (Å²) in [6.07, 6.45) is 2.59. The Morgan fingerprint density at radius 1 is 1.53 bits per heavy atom. The van der Waals surface area contributed by atoms with Gasteiger partial charge in [-0.3, -0.25) is 4.79 Å². The Morgan fingerprint density at radius 2 is 2.21 bits per heavy atom. The van der Waals surface area contributed by atoms with Crippen LogP contribution in [0.2, 0.25) is 0 Å². The Hall–Kier alpha value is -1.08. The third-order valence-corrected chi connectivity index (χ3v) is 4.64. The zero-order valence-corrected chi connectivity index (χ0v) is 12.3. The summed E-state index contributed by atoms with van der Waals surface area (Å²) in [4.78, 5) is 14.6. The van der Waals surface area contributed by atoms with Crippen molar-refractivity contribution in [1.82, 2.24) is 10.2 Å². The second-order valence-electron chi connectivity index (χ2n) is 6.66. The number of amides is 1. The van der Waals surface area contributed by atoms with Crippen molar-refractivity contribution >= 4 is 5.91 Å². The molecule has 2 aliphatic rings. The van der Waals surface area contributed by atoms with Crippen molar-refractivity contribution in [3.63, 3.8) is 0 Å². The first-order chi connectivity index (χ1) is 8.97. The zero-order chi connectivity index (χ0) is 14.0. The van der Waals surface area contributed by atoms with Crippen molar-refractivity contribution in [1.29, 1.82) is 5.26 Å². The highest BCUT2D eigenvalue weighted by Gasteiger charge is 2.48. The molecule has 4 nitrogen and oxygen atoms in total. The summed E-state index contributed by atoms with van der Waals surface area (Å²) in [5.41, 5.74) is -0.726. The Bertz CT molecular complexity index is 379. The highest BCUT2D eigenvalue weighted by atomic mass is 16.2. The van der Waals surface area contributed by atoms with Gasteiger partial charge in [-0.1, -0.05) is 6.92 Å². The largest absolute Gasteiger partial charge is 0.354 e. The Labute approximate surface area is 116 Å². The van der Waals surface area contributed by atoms with Gasteiger partial charge in [-0.25, -0.2) is 0 Å². The first-order valence-corrected chi connectivity index (χ1v) is 7.40. The van der Waals surface area contributed by atoms with Crippen LogP contribution in [0.4, 0.5) is 0 Å². The van der Waals surface area contributed by atoms with E-state index in [-0.39, 0.29) is 5.91 Å². The van der Waals surface area contributed by atoms with E-state index < -0.39 is 5.41 Å². The van der Waals surface area contributed by atoms with E-state index in [0.29, 0.717) is 17.9 Å². The molecular formula is C15H25N3O. The van der Waals surface area contributed by atoms with Crippen LogP contribution < -0.4 is 5.32 Å². The molecule has 0 aromatic heterocycles. The molecule has 1 aliphatic heterocycles. The van der Waals surface area contributed by atoms with Crippen LogP contribution in [0, 0.1) is 28.6 Å². The second-order valence-corrected chi connectivity index (χ2v) is 6.66. The molecule has 1 N–H and O–H groups in total. The first-order valence-electron chi connectivity index (χ1n) is 7.40. The number of rotatable bonds is 4. The quantitative estimate of drug-likeness (QED) is 0.841. The van der Waals surface area contributed by atoms with Crippen LogP contribution in [-0.2, 0) is 4.79 Å². The monoisotopic (exact) mass is 263 g/mol. The van der Waals surface area contributed by atoms with Crippen molar-refractivity contribution < 1.29 is 4.79 Å². The molecule has 1 saturated carbocycles. The summed E-state index contributed by atoms with van der Waals surface area (Å²) in [6.45, 7) is 9.43. The average molecular weight is 263 g/mol. The lowest BCUT2D eigenvalue weighted by molar-refractivity contribution is -0.134. The van der Waals surface area contributed by atoms with Gasteiger partial charge in [-0.05, 0) is 51.5 Å². The maximum absolute atomic E-state index is 12.1. The molecule has 1 heterocycles. The van der Waals surface area contributed by atoms with Gasteiger partial charge >= 0.3 is 0 Å². The van der Waals surface area contributed by atoms with Crippen molar-refractivity contribution in [3.05, 3.63) is 0 Å². The van der Waals surface area contributed by atoms with Crippen LogP contribution in [0.15, 0.2) is 0 Å². The van der Waals surface area contributed by atoms with Gasteiger partial charge in [-0.2, -0.15) is 5.26 Å². The van der Waals surface area contributed by atoms with Crippen LogP contribution in [-0.4, -0.2) is 36.5 Å². The number of carbonyl (C=O) groups is 1. The van der Waals surface area contributed by atoms with E-state index in [2.05, 4.69) is 37.1 Å². The fraction of sp³-hybridized carbons (Fsp3) is 0.867. The summed E-state index contributed by atoms with van der Waals surface area (Å²) < 4.78 is 0. The molecule has 0 aromatic rings. The highest BCUT2D eigenvalue weighted by Crippen LogP contribution is 2.45. The minimum absolute atomic E-state index is 0.0453. The molecule has 1 unspecified atom stereocenters. The molecule has 2 rings (SSSR count). The van der Waals surface area contributed by atoms with Gasteiger partial charge in [0.25, 0.3) is 0 Å². The Kier molecular flexibility index (Phi) is 4.15. The standard InChI is InChI=1S/C15H25N3O/c1-11(2)18-5-4-13(9-18)8-17-14(19)15(10-16)6-12(3)7-15/h11-13H,4-9H2,1-3H3,(H,17,19). The van der Waals surface area contributed by atoms with E-state index >= 15 is 0 Å². The van der Waals surface area contributed by atoms with E-state index in [1.807, 2.05) is 0 Å². The van der Waals surface area contributed by atoms with Gasteiger partial charge in [0.05, 0.1) is 6.07 Å². The van der Waals surface area contributed by atoms with E-state index in [9.17, 15) is 10.1 Å². The number of nitrogens with one attached hydrogen (secondary N) is 1. The maximum atomic E-state index is 12.1. The second kappa shape index (κ2) is 5.50. The molecule has 106 valence electrons. The van der Waals surface area contributed by atoms with Gasteiger partial charge in [0, 0.05) is 19.1 Å². The fourth-order valence-electron chi connectivity index (χ4n) is 3.36. The van der Waals surface area contributed by atoms with Crippen molar-refractivity contribution in [2.75, 3.05) is 19.6 Å². The van der Waals surface area contributed by atoms with Gasteiger partial charge in [-0.15, -0.1) is 0 Å². The number of nitrogens with zero attached hydrogens (tertiary/aromatic N) is 2. The third-order valence-electron chi connectivity index (χ3n) is 4.64. The molecule has 0 radical (unpaired) electrons. The van der Waals surface area contributed by atoms with Gasteiger partial charge in [0.1, 0.15) is 5.41 Å². The average Bonchev–Trinajstić information content (AvgIpc) is 2.80. The van der Waals surface area contributed by atoms with E-state index in [0.717, 1.165) is 38.9 Å². The summed E-state index contributed by atoms with van der Waals surface area (Å²) in [6, 6.07) is 2.81. The molecule has 2 fully saturated rings. The van der Waals surface area contributed by atoms with Crippen molar-refractivity contribution in [2.45, 2.75) is 46.1 Å². The molecule has 1 saturated heterocycles. The maximum Gasteiger partial charge on any atom is 0.240 e. The number of nitriles is 1. The molecule has 4 heteroatoms. The molecule has 1 aliphatic carbocycles. The van der Waals surface area contributed by atoms with E-state index in [1.165, 1.54) is 0 Å². The smallest absolute Gasteiger partial charge is 0.240 e. The summed E-state index contributed by atoms with van der Waals surface area (Å²) in [5, 5.41) is 12.2. The Morgan fingerprint density at radius 3 is 2.68 bits per heavy atom. The minimum Gasteiger partial charge on any atom is -0.354 e. The molecule has 1 atom stereocenters. The van der Waals surface area contributed by atoms with Gasteiger partial charge in [0.15, 0.2) is 0 Å². The van der Waals surface area contributed by atoms with Crippen LogP contribution in [0.25, 0.3) is 0 Å². The summed E-state index contributed by atoms with van der Waals surface area (Å²) in [7, 11) is 0. The fourth-order valence-corrected chi connectivity index (χ4v) is 3.36. The molecule has 0 spiro atoms. The van der Waals surface area contributed by atoms with Crippen LogP contribution in [0.5, 0.6) is 0 Å². The minimum atomic E-state index is -0.726. The van der Waals surface area contributed by atoms with E-state index in [1.54, 1.807) is 0 Å². The van der Waals surface area contributed by atoms with Crippen LogP contribution in [0.1, 0.15) is 40.0 Å². The molecule has 19 heavy (non-hydrogen) atoms. The first kappa shape index (κ1) is 14.3. The van der Waals surface area contributed by atoms with Crippen LogP contribution in [0.3, 0.4) is 0 Å². The predicted molar refractivity (Wildman–Crippen MR) is 74.3 cm³/mol. The number of hydrogen-bond donors (Lipinski definition) is 1. The SMILES string of the molecule is CC1CC(C#N)(C(=O)NCC2CCN(C(C)C)C2)C1. The zero-order valence-electron chi connectivity index (χ0n) is 12.3. The number of likely N-dealkylation sites (tertiary alicyclic amines) is 1. The molecular weight excluding hydrogens is 238 g/mol. The number of hydrogen-bond acceptors (Lipinski definition) is 3. The lowest BCUT2D eigenvalue weighted by Gasteiger charge is -2.39. The summed E-state index contributed by atoms with van der Waals surface area (Å²) >= 11 is 0. The highest BCUT2D eigenvalue weighted by molar-refractivity contribution is 5.86.